The number of piperidine rings is 1. The summed E-state index contributed by atoms with van der Waals surface area (Å²) in [6, 6.07) is 1.25. The van der Waals surface area contributed by atoms with Crippen LogP contribution in [0.5, 0.6) is 0 Å². The van der Waals surface area contributed by atoms with Crippen molar-refractivity contribution in [3.05, 3.63) is 18.0 Å². The van der Waals surface area contributed by atoms with Crippen LogP contribution in [0.15, 0.2) is 12.3 Å². The summed E-state index contributed by atoms with van der Waals surface area (Å²) < 4.78 is 22.9. The molecular formula is C15H22N4O3S. The van der Waals surface area contributed by atoms with E-state index in [0.717, 1.165) is 25.9 Å². The topological polar surface area (TPSA) is 92.3 Å². The van der Waals surface area contributed by atoms with Gasteiger partial charge < -0.3 is 10.2 Å². The maximum Gasteiger partial charge on any atom is 0.270 e. The minimum Gasteiger partial charge on any atom is -0.347 e. The van der Waals surface area contributed by atoms with Crippen LogP contribution >= 0.6 is 0 Å². The molecule has 1 amide bonds. The quantitative estimate of drug-likeness (QED) is 0.869. The van der Waals surface area contributed by atoms with Gasteiger partial charge in [0.05, 0.1) is 11.5 Å². The third-order valence-electron chi connectivity index (χ3n) is 4.51. The van der Waals surface area contributed by atoms with E-state index in [1.807, 2.05) is 0 Å². The first kappa shape index (κ1) is 16.2. The summed E-state index contributed by atoms with van der Waals surface area (Å²) in [4.78, 5) is 23.0. The van der Waals surface area contributed by atoms with Crippen molar-refractivity contribution in [2.24, 2.45) is 5.92 Å². The number of aromatic nitrogens is 2. The molecule has 1 atom stereocenters. The molecule has 1 aromatic rings. The first-order chi connectivity index (χ1) is 10.9. The number of nitrogens with one attached hydrogen (secondary N) is 1. The van der Waals surface area contributed by atoms with Crippen LogP contribution < -0.4 is 10.2 Å². The summed E-state index contributed by atoms with van der Waals surface area (Å²) in [6.07, 6.45) is 4.25. The number of hydrogen-bond acceptors (Lipinski definition) is 6. The molecule has 0 aliphatic carbocycles. The van der Waals surface area contributed by atoms with Gasteiger partial charge in [0.2, 0.25) is 5.95 Å². The third-order valence-corrected chi connectivity index (χ3v) is 6.28. The Kier molecular flexibility index (Phi) is 4.52. The normalized spacial score (nSPS) is 24.6. The summed E-state index contributed by atoms with van der Waals surface area (Å²) in [5, 5.41) is 2.76. The SMILES string of the molecule is CC1CCN(c2nccc(C(=O)NC3CCS(=O)(=O)C3)n2)CC1. The minimum atomic E-state index is -3.01. The van der Waals surface area contributed by atoms with Crippen molar-refractivity contribution in [3.63, 3.8) is 0 Å². The lowest BCUT2D eigenvalue weighted by molar-refractivity contribution is 0.0936. The van der Waals surface area contributed by atoms with Gasteiger partial charge in [-0.15, -0.1) is 0 Å². The summed E-state index contributed by atoms with van der Waals surface area (Å²) >= 11 is 0. The Morgan fingerprint density at radius 3 is 2.70 bits per heavy atom. The molecule has 0 spiro atoms. The van der Waals surface area contributed by atoms with Gasteiger partial charge >= 0.3 is 0 Å². The summed E-state index contributed by atoms with van der Waals surface area (Å²) in [7, 11) is -3.01. The smallest absolute Gasteiger partial charge is 0.270 e. The first-order valence-electron chi connectivity index (χ1n) is 8.02. The molecule has 3 rings (SSSR count). The van der Waals surface area contributed by atoms with Crippen molar-refractivity contribution >= 4 is 21.7 Å². The molecule has 3 heterocycles. The number of amides is 1. The van der Waals surface area contributed by atoms with Crippen LogP contribution in [0.1, 0.15) is 36.7 Å². The zero-order valence-electron chi connectivity index (χ0n) is 13.2. The standard InChI is InChI=1S/C15H22N4O3S/c1-11-3-7-19(8-4-11)15-16-6-2-13(18-15)14(20)17-12-5-9-23(21,22)10-12/h2,6,11-12H,3-5,7-10H2,1H3,(H,17,20). The first-order valence-corrected chi connectivity index (χ1v) is 9.84. The molecule has 2 aliphatic heterocycles. The Bertz CT molecular complexity index is 684. The van der Waals surface area contributed by atoms with Crippen LogP contribution in [0.2, 0.25) is 0 Å². The molecule has 1 unspecified atom stereocenters. The van der Waals surface area contributed by atoms with Gasteiger partial charge in [-0.25, -0.2) is 18.4 Å². The fraction of sp³-hybridized carbons (Fsp3) is 0.667. The predicted octanol–water partition coefficient (Wildman–Crippen LogP) is 0.630. The molecule has 0 bridgehead atoms. The molecule has 8 heteroatoms. The maximum atomic E-state index is 12.3. The summed E-state index contributed by atoms with van der Waals surface area (Å²) in [5.74, 6) is 1.10. The van der Waals surface area contributed by atoms with E-state index in [0.29, 0.717) is 18.3 Å². The maximum absolute atomic E-state index is 12.3. The Morgan fingerprint density at radius 1 is 1.30 bits per heavy atom. The fourth-order valence-corrected chi connectivity index (χ4v) is 4.68. The van der Waals surface area contributed by atoms with Crippen molar-refractivity contribution in [2.75, 3.05) is 29.5 Å². The largest absolute Gasteiger partial charge is 0.347 e. The zero-order valence-corrected chi connectivity index (χ0v) is 14.1. The molecule has 23 heavy (non-hydrogen) atoms. The monoisotopic (exact) mass is 338 g/mol. The lowest BCUT2D eigenvalue weighted by Crippen LogP contribution is -2.37. The number of rotatable bonds is 3. The second-order valence-electron chi connectivity index (χ2n) is 6.48. The van der Waals surface area contributed by atoms with Crippen molar-refractivity contribution in [1.29, 1.82) is 0 Å². The average Bonchev–Trinajstić information content (AvgIpc) is 2.87. The predicted molar refractivity (Wildman–Crippen MR) is 87.2 cm³/mol. The fourth-order valence-electron chi connectivity index (χ4n) is 3.00. The van der Waals surface area contributed by atoms with Gasteiger partial charge in [0.25, 0.3) is 5.91 Å². The van der Waals surface area contributed by atoms with E-state index in [1.54, 1.807) is 12.3 Å². The highest BCUT2D eigenvalue weighted by molar-refractivity contribution is 7.91. The van der Waals surface area contributed by atoms with Gasteiger partial charge in [-0.1, -0.05) is 6.92 Å². The molecule has 0 radical (unpaired) electrons. The van der Waals surface area contributed by atoms with Crippen molar-refractivity contribution in [2.45, 2.75) is 32.2 Å². The van der Waals surface area contributed by atoms with E-state index in [4.69, 9.17) is 0 Å². The van der Waals surface area contributed by atoms with E-state index in [-0.39, 0.29) is 29.1 Å². The second kappa shape index (κ2) is 6.43. The molecule has 1 aromatic heterocycles. The lowest BCUT2D eigenvalue weighted by atomic mass is 10.00. The zero-order chi connectivity index (χ0) is 16.4. The Hall–Kier alpha value is -1.70. The molecule has 2 saturated heterocycles. The molecule has 0 saturated carbocycles. The van der Waals surface area contributed by atoms with Gasteiger partial charge in [0.1, 0.15) is 5.69 Å². The van der Waals surface area contributed by atoms with E-state index in [1.165, 1.54) is 0 Å². The van der Waals surface area contributed by atoms with Crippen molar-refractivity contribution < 1.29 is 13.2 Å². The highest BCUT2D eigenvalue weighted by Crippen LogP contribution is 2.20. The van der Waals surface area contributed by atoms with Crippen LogP contribution in [0.3, 0.4) is 0 Å². The summed E-state index contributed by atoms with van der Waals surface area (Å²) in [5.41, 5.74) is 0.290. The van der Waals surface area contributed by atoms with E-state index in [9.17, 15) is 13.2 Å². The number of sulfone groups is 1. The van der Waals surface area contributed by atoms with Crippen LogP contribution in [0, 0.1) is 5.92 Å². The van der Waals surface area contributed by atoms with Gasteiger partial charge in [0.15, 0.2) is 9.84 Å². The second-order valence-corrected chi connectivity index (χ2v) is 8.71. The highest BCUT2D eigenvalue weighted by atomic mass is 32.2. The minimum absolute atomic E-state index is 0.0146. The highest BCUT2D eigenvalue weighted by Gasteiger charge is 2.29. The number of nitrogens with zero attached hydrogens (tertiary/aromatic N) is 3. The summed E-state index contributed by atoms with van der Waals surface area (Å²) in [6.45, 7) is 4.03. The van der Waals surface area contributed by atoms with Crippen LogP contribution in [0.25, 0.3) is 0 Å². The molecule has 2 fully saturated rings. The number of hydrogen-bond donors (Lipinski definition) is 1. The van der Waals surface area contributed by atoms with Crippen LogP contribution in [0.4, 0.5) is 5.95 Å². The molecule has 0 aromatic carbocycles. The van der Waals surface area contributed by atoms with Gasteiger partial charge in [-0.2, -0.15) is 0 Å². The number of carbonyl (C=O) groups is 1. The van der Waals surface area contributed by atoms with Gasteiger partial charge in [0, 0.05) is 25.3 Å². The van der Waals surface area contributed by atoms with E-state index >= 15 is 0 Å². The van der Waals surface area contributed by atoms with Crippen molar-refractivity contribution in [1.82, 2.24) is 15.3 Å². The Balaban J connectivity index is 1.66. The molecule has 126 valence electrons. The Labute approximate surface area is 136 Å². The Morgan fingerprint density at radius 2 is 2.04 bits per heavy atom. The lowest BCUT2D eigenvalue weighted by Gasteiger charge is -2.30. The third kappa shape index (κ3) is 3.99. The van der Waals surface area contributed by atoms with Gasteiger partial charge in [-0.3, -0.25) is 4.79 Å². The molecular weight excluding hydrogens is 316 g/mol. The van der Waals surface area contributed by atoms with Crippen LogP contribution in [-0.4, -0.2) is 54.9 Å². The van der Waals surface area contributed by atoms with Crippen LogP contribution in [-0.2, 0) is 9.84 Å². The molecule has 2 aliphatic rings. The molecule has 1 N–H and O–H groups in total. The van der Waals surface area contributed by atoms with E-state index < -0.39 is 9.84 Å². The van der Waals surface area contributed by atoms with E-state index in [2.05, 4.69) is 27.1 Å². The molecule has 7 nitrogen and oxygen atoms in total. The number of carbonyl (C=O) groups excluding carboxylic acids is 1. The number of anilines is 1. The van der Waals surface area contributed by atoms with Crippen molar-refractivity contribution in [3.8, 4) is 0 Å². The van der Waals surface area contributed by atoms with Gasteiger partial charge in [-0.05, 0) is 31.2 Å². The average molecular weight is 338 g/mol.